The number of amides is 1. The highest BCUT2D eigenvalue weighted by molar-refractivity contribution is 7.99. The Morgan fingerprint density at radius 1 is 1.16 bits per heavy atom. The minimum Gasteiger partial charge on any atom is -0.325 e. The first-order chi connectivity index (χ1) is 14.9. The maximum Gasteiger partial charge on any atom is 0.243 e. The van der Waals surface area contributed by atoms with E-state index in [1.165, 1.54) is 33.1 Å². The highest BCUT2D eigenvalue weighted by atomic mass is 32.2. The summed E-state index contributed by atoms with van der Waals surface area (Å²) in [5, 5.41) is 13.9. The molecular formula is C20H23N5O3S3. The van der Waals surface area contributed by atoms with Crippen molar-refractivity contribution in [1.82, 2.24) is 19.1 Å². The van der Waals surface area contributed by atoms with Crippen LogP contribution >= 0.6 is 23.1 Å². The van der Waals surface area contributed by atoms with Crippen LogP contribution in [-0.4, -0.2) is 52.2 Å². The molecule has 0 radical (unpaired) electrons. The van der Waals surface area contributed by atoms with E-state index in [1.54, 1.807) is 23.5 Å². The number of carbonyl (C=O) groups is 1. The first-order valence-corrected chi connectivity index (χ1v) is 13.2. The van der Waals surface area contributed by atoms with E-state index in [2.05, 4.69) is 21.6 Å². The first-order valence-electron chi connectivity index (χ1n) is 9.87. The van der Waals surface area contributed by atoms with Crippen molar-refractivity contribution in [1.29, 1.82) is 0 Å². The van der Waals surface area contributed by atoms with Crippen LogP contribution in [0.15, 0.2) is 51.8 Å². The molecule has 2 aromatic heterocycles. The zero-order chi connectivity index (χ0) is 21.8. The van der Waals surface area contributed by atoms with Crippen LogP contribution in [0.1, 0.15) is 23.5 Å². The Morgan fingerprint density at radius 3 is 2.58 bits per heavy atom. The van der Waals surface area contributed by atoms with Crippen molar-refractivity contribution in [2.24, 2.45) is 7.05 Å². The number of rotatable bonds is 8. The molecule has 1 fully saturated rings. The molecule has 0 atom stereocenters. The van der Waals surface area contributed by atoms with Crippen LogP contribution in [0, 0.1) is 0 Å². The number of thiophene rings is 1. The average Bonchev–Trinajstić information content (AvgIpc) is 3.52. The van der Waals surface area contributed by atoms with Crippen LogP contribution in [0.25, 0.3) is 0 Å². The normalized spacial score (nSPS) is 14.7. The number of aromatic nitrogens is 3. The molecule has 3 heterocycles. The van der Waals surface area contributed by atoms with Gasteiger partial charge in [0.1, 0.15) is 5.82 Å². The van der Waals surface area contributed by atoms with Gasteiger partial charge in [-0.3, -0.25) is 4.79 Å². The molecule has 1 amide bonds. The molecule has 4 rings (SSSR count). The van der Waals surface area contributed by atoms with E-state index >= 15 is 0 Å². The van der Waals surface area contributed by atoms with Gasteiger partial charge in [0.15, 0.2) is 5.16 Å². The molecule has 1 aliphatic heterocycles. The first kappa shape index (κ1) is 22.0. The Kier molecular flexibility index (Phi) is 6.75. The van der Waals surface area contributed by atoms with Gasteiger partial charge in [-0.15, -0.1) is 21.5 Å². The lowest BCUT2D eigenvalue weighted by Crippen LogP contribution is -2.27. The number of anilines is 1. The summed E-state index contributed by atoms with van der Waals surface area (Å²) in [6, 6.07) is 10.4. The van der Waals surface area contributed by atoms with Crippen molar-refractivity contribution in [3.8, 4) is 0 Å². The number of thioether (sulfide) groups is 1. The van der Waals surface area contributed by atoms with E-state index in [4.69, 9.17) is 0 Å². The maximum absolute atomic E-state index is 12.6. The summed E-state index contributed by atoms with van der Waals surface area (Å²) < 4.78 is 28.6. The van der Waals surface area contributed by atoms with Crippen LogP contribution in [0.5, 0.6) is 0 Å². The van der Waals surface area contributed by atoms with Crippen molar-refractivity contribution >= 4 is 44.7 Å². The SMILES string of the molecule is Cn1c(Cc2cccs2)nnc1SCC(=O)Nc1ccc(S(=O)(=O)N2CCCC2)cc1. The number of benzene rings is 1. The number of hydrogen-bond acceptors (Lipinski definition) is 7. The third-order valence-electron chi connectivity index (χ3n) is 5.01. The van der Waals surface area contributed by atoms with Gasteiger partial charge in [0.2, 0.25) is 15.9 Å². The lowest BCUT2D eigenvalue weighted by molar-refractivity contribution is -0.113. The summed E-state index contributed by atoms with van der Waals surface area (Å²) in [4.78, 5) is 13.8. The Hall–Kier alpha value is -2.21. The molecule has 8 nitrogen and oxygen atoms in total. The van der Waals surface area contributed by atoms with Crippen molar-refractivity contribution in [3.05, 3.63) is 52.5 Å². The highest BCUT2D eigenvalue weighted by Crippen LogP contribution is 2.23. The molecule has 11 heteroatoms. The molecule has 0 saturated carbocycles. The minimum absolute atomic E-state index is 0.179. The number of nitrogens with zero attached hydrogens (tertiary/aromatic N) is 4. The molecule has 3 aromatic rings. The number of carbonyl (C=O) groups excluding carboxylic acids is 1. The zero-order valence-corrected chi connectivity index (χ0v) is 19.5. The number of sulfonamides is 1. The molecular weight excluding hydrogens is 454 g/mol. The summed E-state index contributed by atoms with van der Waals surface area (Å²) in [7, 11) is -1.56. The van der Waals surface area contributed by atoms with Gasteiger partial charge in [0.05, 0.1) is 10.6 Å². The van der Waals surface area contributed by atoms with E-state index in [0.29, 0.717) is 30.4 Å². The standard InChI is InChI=1S/C20H23N5O3S3/c1-24-18(13-16-5-4-12-29-16)22-23-20(24)30-14-19(26)21-15-6-8-17(9-7-15)31(27,28)25-10-2-3-11-25/h4-9,12H,2-3,10-11,13-14H2,1H3,(H,21,26). The quantitative estimate of drug-likeness (QED) is 0.501. The van der Waals surface area contributed by atoms with E-state index in [9.17, 15) is 13.2 Å². The fourth-order valence-corrected chi connectivity index (χ4v) is 6.26. The second-order valence-electron chi connectivity index (χ2n) is 7.19. The second-order valence-corrected chi connectivity index (χ2v) is 11.1. The van der Waals surface area contributed by atoms with Gasteiger partial charge in [0, 0.05) is 37.1 Å². The highest BCUT2D eigenvalue weighted by Gasteiger charge is 2.26. The number of nitrogens with one attached hydrogen (secondary N) is 1. The Bertz CT molecular complexity index is 1140. The van der Waals surface area contributed by atoms with Gasteiger partial charge in [-0.1, -0.05) is 17.8 Å². The molecule has 0 spiro atoms. The summed E-state index contributed by atoms with van der Waals surface area (Å²) in [6.45, 7) is 1.13. The molecule has 0 aliphatic carbocycles. The zero-order valence-electron chi connectivity index (χ0n) is 17.0. The largest absolute Gasteiger partial charge is 0.325 e. The van der Waals surface area contributed by atoms with Crippen molar-refractivity contribution in [2.45, 2.75) is 29.3 Å². The summed E-state index contributed by atoms with van der Waals surface area (Å²) in [6.07, 6.45) is 2.50. The van der Waals surface area contributed by atoms with Crippen LogP contribution in [0.3, 0.4) is 0 Å². The Morgan fingerprint density at radius 2 is 1.90 bits per heavy atom. The fourth-order valence-electron chi connectivity index (χ4n) is 3.31. The molecule has 31 heavy (non-hydrogen) atoms. The third kappa shape index (κ3) is 5.17. The molecule has 1 saturated heterocycles. The van der Waals surface area contributed by atoms with E-state index in [-0.39, 0.29) is 16.6 Å². The monoisotopic (exact) mass is 477 g/mol. The Labute approximate surface area is 189 Å². The van der Waals surface area contributed by atoms with Crippen LogP contribution in [-0.2, 0) is 28.3 Å². The molecule has 1 aromatic carbocycles. The number of hydrogen-bond donors (Lipinski definition) is 1. The van der Waals surface area contributed by atoms with Crippen LogP contribution in [0.4, 0.5) is 5.69 Å². The maximum atomic E-state index is 12.6. The van der Waals surface area contributed by atoms with Gasteiger partial charge in [-0.2, -0.15) is 4.31 Å². The topological polar surface area (TPSA) is 97.2 Å². The van der Waals surface area contributed by atoms with Gasteiger partial charge < -0.3 is 9.88 Å². The van der Waals surface area contributed by atoms with Crippen molar-refractivity contribution in [2.75, 3.05) is 24.2 Å². The second kappa shape index (κ2) is 9.51. The van der Waals surface area contributed by atoms with Crippen LogP contribution in [0.2, 0.25) is 0 Å². The molecule has 1 aliphatic rings. The van der Waals surface area contributed by atoms with Gasteiger partial charge >= 0.3 is 0 Å². The van der Waals surface area contributed by atoms with E-state index in [0.717, 1.165) is 18.7 Å². The van der Waals surface area contributed by atoms with Crippen molar-refractivity contribution in [3.63, 3.8) is 0 Å². The summed E-state index contributed by atoms with van der Waals surface area (Å²) in [5.74, 6) is 0.835. The predicted molar refractivity (Wildman–Crippen MR) is 122 cm³/mol. The molecule has 1 N–H and O–H groups in total. The van der Waals surface area contributed by atoms with Crippen molar-refractivity contribution < 1.29 is 13.2 Å². The van der Waals surface area contributed by atoms with Gasteiger partial charge in [0.25, 0.3) is 0 Å². The van der Waals surface area contributed by atoms with Crippen LogP contribution < -0.4 is 5.32 Å². The molecule has 0 unspecified atom stereocenters. The van der Waals surface area contributed by atoms with Gasteiger partial charge in [-0.05, 0) is 48.6 Å². The van der Waals surface area contributed by atoms with E-state index < -0.39 is 10.0 Å². The smallest absolute Gasteiger partial charge is 0.243 e. The third-order valence-corrected chi connectivity index (χ3v) is 8.82. The lowest BCUT2D eigenvalue weighted by atomic mass is 10.3. The van der Waals surface area contributed by atoms with E-state index in [1.807, 2.05) is 23.1 Å². The predicted octanol–water partition coefficient (Wildman–Crippen LogP) is 2.98. The van der Waals surface area contributed by atoms with Gasteiger partial charge in [-0.25, -0.2) is 8.42 Å². The molecule has 164 valence electrons. The fraction of sp³-hybridized carbons (Fsp3) is 0.350. The molecule has 0 bridgehead atoms. The summed E-state index contributed by atoms with van der Waals surface area (Å²) >= 11 is 2.98. The minimum atomic E-state index is -3.45. The average molecular weight is 478 g/mol. The summed E-state index contributed by atoms with van der Waals surface area (Å²) in [5.41, 5.74) is 0.558. The lowest BCUT2D eigenvalue weighted by Gasteiger charge is -2.15. The Balaban J connectivity index is 1.31.